The molecule has 1 fully saturated rings. The average Bonchev–Trinajstić information content (AvgIpc) is 2.73. The number of piperidine rings is 1. The van der Waals surface area contributed by atoms with Crippen molar-refractivity contribution >= 4 is 17.4 Å². The van der Waals surface area contributed by atoms with Crippen molar-refractivity contribution < 1.29 is 4.79 Å². The van der Waals surface area contributed by atoms with Gasteiger partial charge in [-0.1, -0.05) is 19.1 Å². The zero-order valence-electron chi connectivity index (χ0n) is 17.8. The molecule has 6 nitrogen and oxygen atoms in total. The van der Waals surface area contributed by atoms with Crippen LogP contribution >= 0.6 is 0 Å². The Morgan fingerprint density at radius 1 is 1.17 bits per heavy atom. The Labute approximate surface area is 173 Å². The third kappa shape index (κ3) is 3.86. The van der Waals surface area contributed by atoms with Crippen LogP contribution in [-0.4, -0.2) is 35.0 Å². The standard InChI is InChI=1S/C23H31N5O/c1-14-12-26-22(13-25-14)27-23-15(2)16(3)28(17(4)29)21-6-5-19(11-20(21)23)18-7-9-24-10-8-18/h5-6,11-13,15-16,18,23-24H,7-10H2,1-4H3,(H,26,27)/t15-,16-,23+/m0/s1. The number of hydrogen-bond acceptors (Lipinski definition) is 5. The number of nitrogens with one attached hydrogen (secondary N) is 2. The Balaban J connectivity index is 1.75. The first-order valence-electron chi connectivity index (χ1n) is 10.6. The van der Waals surface area contributed by atoms with Gasteiger partial charge < -0.3 is 15.5 Å². The summed E-state index contributed by atoms with van der Waals surface area (Å²) in [7, 11) is 0. The van der Waals surface area contributed by atoms with Gasteiger partial charge in [0.15, 0.2) is 0 Å². The third-order valence-electron chi connectivity index (χ3n) is 6.57. The lowest BCUT2D eigenvalue weighted by atomic mass is 9.80. The SMILES string of the molecule is CC(=O)N1c2ccc(C3CCNCC3)cc2[C@H](Nc2cnc(C)cn2)[C@@H](C)[C@@H]1C. The highest BCUT2D eigenvalue weighted by Gasteiger charge is 2.38. The topological polar surface area (TPSA) is 70.2 Å². The zero-order chi connectivity index (χ0) is 20.5. The van der Waals surface area contributed by atoms with Crippen LogP contribution in [0, 0.1) is 12.8 Å². The maximum atomic E-state index is 12.5. The van der Waals surface area contributed by atoms with E-state index in [-0.39, 0.29) is 23.9 Å². The lowest BCUT2D eigenvalue weighted by Gasteiger charge is -2.44. The predicted octanol–water partition coefficient (Wildman–Crippen LogP) is 3.80. The molecule has 1 aromatic heterocycles. The van der Waals surface area contributed by atoms with Crippen LogP contribution in [0.25, 0.3) is 0 Å². The maximum absolute atomic E-state index is 12.5. The number of aromatic nitrogens is 2. The highest BCUT2D eigenvalue weighted by molar-refractivity contribution is 5.94. The van der Waals surface area contributed by atoms with Crippen molar-refractivity contribution in [2.24, 2.45) is 5.92 Å². The minimum Gasteiger partial charge on any atom is -0.362 e. The molecule has 1 aromatic carbocycles. The minimum absolute atomic E-state index is 0.0780. The van der Waals surface area contributed by atoms with E-state index in [9.17, 15) is 4.79 Å². The van der Waals surface area contributed by atoms with E-state index in [1.54, 1.807) is 19.3 Å². The van der Waals surface area contributed by atoms with Gasteiger partial charge in [-0.2, -0.15) is 0 Å². The first kappa shape index (κ1) is 19.8. The van der Waals surface area contributed by atoms with Crippen molar-refractivity contribution in [3.63, 3.8) is 0 Å². The van der Waals surface area contributed by atoms with Gasteiger partial charge in [-0.3, -0.25) is 9.78 Å². The number of aryl methyl sites for hydroxylation is 1. The van der Waals surface area contributed by atoms with Gasteiger partial charge in [0.25, 0.3) is 0 Å². The van der Waals surface area contributed by atoms with Crippen LogP contribution in [0.1, 0.15) is 62.4 Å². The van der Waals surface area contributed by atoms with E-state index < -0.39 is 0 Å². The number of amides is 1. The fourth-order valence-electron chi connectivity index (χ4n) is 4.76. The summed E-state index contributed by atoms with van der Waals surface area (Å²) in [5.41, 5.74) is 4.47. The van der Waals surface area contributed by atoms with Crippen LogP contribution in [0.5, 0.6) is 0 Å². The summed E-state index contributed by atoms with van der Waals surface area (Å²) < 4.78 is 0. The van der Waals surface area contributed by atoms with E-state index in [1.807, 2.05) is 11.8 Å². The summed E-state index contributed by atoms with van der Waals surface area (Å²) in [6, 6.07) is 6.86. The molecular weight excluding hydrogens is 362 g/mol. The number of carbonyl (C=O) groups excluding carboxylic acids is 1. The fourth-order valence-corrected chi connectivity index (χ4v) is 4.76. The van der Waals surface area contributed by atoms with Gasteiger partial charge in [0, 0.05) is 24.6 Å². The molecule has 154 valence electrons. The number of fused-ring (bicyclic) bond motifs is 1. The minimum atomic E-state index is 0.0780. The molecule has 29 heavy (non-hydrogen) atoms. The molecule has 0 spiro atoms. The molecule has 3 heterocycles. The molecule has 2 N–H and O–H groups in total. The number of hydrogen-bond donors (Lipinski definition) is 2. The quantitative estimate of drug-likeness (QED) is 0.830. The molecule has 0 bridgehead atoms. The van der Waals surface area contributed by atoms with Crippen LogP contribution in [0.15, 0.2) is 30.6 Å². The zero-order valence-corrected chi connectivity index (χ0v) is 17.8. The summed E-state index contributed by atoms with van der Waals surface area (Å²) in [5, 5.41) is 7.06. The number of benzene rings is 1. The lowest BCUT2D eigenvalue weighted by Crippen LogP contribution is -2.48. The van der Waals surface area contributed by atoms with Crippen LogP contribution in [-0.2, 0) is 4.79 Å². The summed E-state index contributed by atoms with van der Waals surface area (Å²) in [6.45, 7) is 10.1. The molecule has 0 radical (unpaired) electrons. The van der Waals surface area contributed by atoms with Crippen LogP contribution in [0.3, 0.4) is 0 Å². The van der Waals surface area contributed by atoms with Gasteiger partial charge in [0.2, 0.25) is 5.91 Å². The normalized spacial score (nSPS) is 24.8. The van der Waals surface area contributed by atoms with Gasteiger partial charge in [0.05, 0.1) is 24.1 Å². The first-order chi connectivity index (χ1) is 14.0. The number of nitrogens with zero attached hydrogens (tertiary/aromatic N) is 3. The molecule has 0 unspecified atom stereocenters. The van der Waals surface area contributed by atoms with E-state index >= 15 is 0 Å². The van der Waals surface area contributed by atoms with Gasteiger partial charge in [-0.15, -0.1) is 0 Å². The molecule has 6 heteroatoms. The summed E-state index contributed by atoms with van der Waals surface area (Å²) in [6.07, 6.45) is 5.89. The largest absolute Gasteiger partial charge is 0.362 e. The number of rotatable bonds is 3. The van der Waals surface area contributed by atoms with Crippen molar-refractivity contribution in [3.05, 3.63) is 47.4 Å². The number of carbonyl (C=O) groups is 1. The second-order valence-electron chi connectivity index (χ2n) is 8.50. The molecular formula is C23H31N5O. The highest BCUT2D eigenvalue weighted by atomic mass is 16.2. The molecule has 0 aliphatic carbocycles. The smallest absolute Gasteiger partial charge is 0.224 e. The number of anilines is 2. The third-order valence-corrected chi connectivity index (χ3v) is 6.57. The van der Waals surface area contributed by atoms with E-state index in [2.05, 4.69) is 52.6 Å². The van der Waals surface area contributed by atoms with E-state index in [4.69, 9.17) is 0 Å². The van der Waals surface area contributed by atoms with Gasteiger partial charge in [0.1, 0.15) is 5.82 Å². The maximum Gasteiger partial charge on any atom is 0.224 e. The Kier molecular flexibility index (Phi) is 5.54. The molecule has 4 rings (SSSR count). The second kappa shape index (κ2) is 8.11. The Morgan fingerprint density at radius 3 is 2.59 bits per heavy atom. The van der Waals surface area contributed by atoms with Crippen molar-refractivity contribution in [2.75, 3.05) is 23.3 Å². The summed E-state index contributed by atoms with van der Waals surface area (Å²) >= 11 is 0. The van der Waals surface area contributed by atoms with Crippen molar-refractivity contribution in [2.45, 2.75) is 58.5 Å². The molecule has 1 amide bonds. The Hall–Kier alpha value is -2.47. The Morgan fingerprint density at radius 2 is 1.93 bits per heavy atom. The average molecular weight is 394 g/mol. The first-order valence-corrected chi connectivity index (χ1v) is 10.6. The van der Waals surface area contributed by atoms with Crippen molar-refractivity contribution in [1.29, 1.82) is 0 Å². The van der Waals surface area contributed by atoms with Crippen LogP contribution in [0.2, 0.25) is 0 Å². The van der Waals surface area contributed by atoms with Gasteiger partial charge in [-0.05, 0) is 62.9 Å². The van der Waals surface area contributed by atoms with Gasteiger partial charge >= 0.3 is 0 Å². The van der Waals surface area contributed by atoms with Gasteiger partial charge in [-0.25, -0.2) is 4.98 Å². The molecule has 0 saturated carbocycles. The van der Waals surface area contributed by atoms with E-state index in [1.165, 1.54) is 11.1 Å². The van der Waals surface area contributed by atoms with Crippen LogP contribution < -0.4 is 15.5 Å². The van der Waals surface area contributed by atoms with E-state index in [0.717, 1.165) is 43.1 Å². The molecule has 2 aliphatic rings. The van der Waals surface area contributed by atoms with Crippen LogP contribution in [0.4, 0.5) is 11.5 Å². The lowest BCUT2D eigenvalue weighted by molar-refractivity contribution is -0.117. The molecule has 2 aliphatic heterocycles. The van der Waals surface area contributed by atoms with Crippen molar-refractivity contribution in [1.82, 2.24) is 15.3 Å². The van der Waals surface area contributed by atoms with E-state index in [0.29, 0.717) is 5.92 Å². The predicted molar refractivity (Wildman–Crippen MR) is 116 cm³/mol. The Bertz CT molecular complexity index is 875. The molecule has 3 atom stereocenters. The molecule has 1 saturated heterocycles. The summed E-state index contributed by atoms with van der Waals surface area (Å²) in [5.74, 6) is 1.67. The fraction of sp³-hybridized carbons (Fsp3) is 0.522. The van der Waals surface area contributed by atoms with Crippen molar-refractivity contribution in [3.8, 4) is 0 Å². The monoisotopic (exact) mass is 393 g/mol. The summed E-state index contributed by atoms with van der Waals surface area (Å²) in [4.78, 5) is 23.3. The highest BCUT2D eigenvalue weighted by Crippen LogP contribution is 2.44. The molecule has 2 aromatic rings. The second-order valence-corrected chi connectivity index (χ2v) is 8.50.